The molecule has 0 saturated heterocycles. The standard InChI is InChI=1S/C14H24N2O3S/c1-4-12(5-6-17)9-16-20(18,19)13-7-10(2)11(3)14(15)8-13/h7-8,12,16-17H,4-6,9,15H2,1-3H3. The van der Waals surface area contributed by atoms with Gasteiger partial charge in [0, 0.05) is 18.8 Å². The topological polar surface area (TPSA) is 92.4 Å². The SMILES string of the molecule is CCC(CCO)CNS(=O)(=O)c1cc(C)c(C)c(N)c1. The molecule has 6 heteroatoms. The molecule has 0 aromatic heterocycles. The van der Waals surface area contributed by atoms with Crippen LogP contribution in [0.4, 0.5) is 5.69 Å². The van der Waals surface area contributed by atoms with E-state index in [2.05, 4.69) is 4.72 Å². The third kappa shape index (κ3) is 4.19. The maximum atomic E-state index is 12.2. The Balaban J connectivity index is 2.89. The molecular weight excluding hydrogens is 276 g/mol. The van der Waals surface area contributed by atoms with Crippen molar-refractivity contribution in [2.75, 3.05) is 18.9 Å². The van der Waals surface area contributed by atoms with Crippen molar-refractivity contribution in [3.63, 3.8) is 0 Å². The van der Waals surface area contributed by atoms with Crippen LogP contribution in [0, 0.1) is 19.8 Å². The molecule has 0 heterocycles. The molecule has 1 aromatic carbocycles. The fourth-order valence-corrected chi connectivity index (χ4v) is 3.19. The molecule has 0 bridgehead atoms. The van der Waals surface area contributed by atoms with E-state index in [0.717, 1.165) is 17.5 Å². The van der Waals surface area contributed by atoms with Gasteiger partial charge in [0.2, 0.25) is 10.0 Å². The summed E-state index contributed by atoms with van der Waals surface area (Å²) in [6.07, 6.45) is 1.41. The predicted molar refractivity (Wildman–Crippen MR) is 81.0 cm³/mol. The minimum Gasteiger partial charge on any atom is -0.398 e. The molecule has 5 nitrogen and oxygen atoms in total. The Kier molecular flexibility index (Phi) is 5.98. The molecule has 0 spiro atoms. The predicted octanol–water partition coefficient (Wildman–Crippen LogP) is 1.57. The number of hydrogen-bond acceptors (Lipinski definition) is 4. The van der Waals surface area contributed by atoms with Crippen molar-refractivity contribution in [1.82, 2.24) is 4.72 Å². The average Bonchev–Trinajstić information content (AvgIpc) is 2.40. The number of hydrogen-bond donors (Lipinski definition) is 3. The number of nitrogens with one attached hydrogen (secondary N) is 1. The third-order valence-electron chi connectivity index (χ3n) is 3.67. The molecule has 20 heavy (non-hydrogen) atoms. The molecule has 0 amide bonds. The Morgan fingerprint density at radius 1 is 1.35 bits per heavy atom. The van der Waals surface area contributed by atoms with Crippen molar-refractivity contribution in [2.24, 2.45) is 5.92 Å². The molecule has 1 unspecified atom stereocenters. The minimum absolute atomic E-state index is 0.0663. The average molecular weight is 300 g/mol. The van der Waals surface area contributed by atoms with Crippen LogP contribution in [0.15, 0.2) is 17.0 Å². The highest BCUT2D eigenvalue weighted by Crippen LogP contribution is 2.21. The highest BCUT2D eigenvalue weighted by atomic mass is 32.2. The van der Waals surface area contributed by atoms with E-state index in [1.807, 2.05) is 20.8 Å². The summed E-state index contributed by atoms with van der Waals surface area (Å²) in [4.78, 5) is 0.192. The second kappa shape index (κ2) is 7.06. The van der Waals surface area contributed by atoms with Crippen molar-refractivity contribution in [3.8, 4) is 0 Å². The fraction of sp³-hybridized carbons (Fsp3) is 0.571. The van der Waals surface area contributed by atoms with Gasteiger partial charge in [-0.25, -0.2) is 13.1 Å². The summed E-state index contributed by atoms with van der Waals surface area (Å²) < 4.78 is 27.1. The van der Waals surface area contributed by atoms with E-state index in [0.29, 0.717) is 18.7 Å². The zero-order valence-electron chi connectivity index (χ0n) is 12.3. The van der Waals surface area contributed by atoms with Crippen molar-refractivity contribution in [2.45, 2.75) is 38.5 Å². The van der Waals surface area contributed by atoms with Gasteiger partial charge in [0.25, 0.3) is 0 Å². The van der Waals surface area contributed by atoms with Crippen LogP contribution in [0.3, 0.4) is 0 Å². The highest BCUT2D eigenvalue weighted by Gasteiger charge is 2.17. The Morgan fingerprint density at radius 3 is 2.50 bits per heavy atom. The maximum Gasteiger partial charge on any atom is 0.240 e. The molecular formula is C14H24N2O3S. The van der Waals surface area contributed by atoms with E-state index in [-0.39, 0.29) is 17.4 Å². The van der Waals surface area contributed by atoms with Crippen molar-refractivity contribution in [3.05, 3.63) is 23.3 Å². The van der Waals surface area contributed by atoms with Crippen LogP contribution in [-0.4, -0.2) is 26.7 Å². The quantitative estimate of drug-likeness (QED) is 0.666. The van der Waals surface area contributed by atoms with Gasteiger partial charge in [-0.3, -0.25) is 0 Å². The van der Waals surface area contributed by atoms with E-state index < -0.39 is 10.0 Å². The number of aliphatic hydroxyl groups is 1. The molecule has 0 fully saturated rings. The van der Waals surface area contributed by atoms with Crippen LogP contribution in [0.1, 0.15) is 30.9 Å². The summed E-state index contributed by atoms with van der Waals surface area (Å²) in [6, 6.07) is 3.11. The van der Waals surface area contributed by atoms with Gasteiger partial charge in [0.15, 0.2) is 0 Å². The van der Waals surface area contributed by atoms with E-state index >= 15 is 0 Å². The number of benzene rings is 1. The summed E-state index contributed by atoms with van der Waals surface area (Å²) in [7, 11) is -3.56. The van der Waals surface area contributed by atoms with Gasteiger partial charge >= 0.3 is 0 Å². The number of nitrogen functional groups attached to an aromatic ring is 1. The largest absolute Gasteiger partial charge is 0.398 e. The first-order valence-electron chi connectivity index (χ1n) is 6.79. The maximum absolute atomic E-state index is 12.2. The summed E-state index contributed by atoms with van der Waals surface area (Å²) in [6.45, 7) is 6.07. The number of nitrogens with two attached hydrogens (primary N) is 1. The smallest absolute Gasteiger partial charge is 0.240 e. The molecule has 0 radical (unpaired) electrons. The van der Waals surface area contributed by atoms with Crippen molar-refractivity contribution in [1.29, 1.82) is 0 Å². The van der Waals surface area contributed by atoms with Crippen LogP contribution >= 0.6 is 0 Å². The third-order valence-corrected chi connectivity index (χ3v) is 5.07. The zero-order valence-corrected chi connectivity index (χ0v) is 13.1. The Morgan fingerprint density at radius 2 is 2.00 bits per heavy atom. The summed E-state index contributed by atoms with van der Waals surface area (Å²) in [5, 5.41) is 8.92. The lowest BCUT2D eigenvalue weighted by molar-refractivity contribution is 0.254. The molecule has 0 aliphatic carbocycles. The first kappa shape index (κ1) is 16.9. The molecule has 114 valence electrons. The number of rotatable bonds is 7. The van der Waals surface area contributed by atoms with Crippen LogP contribution in [0.2, 0.25) is 0 Å². The number of aryl methyl sites for hydroxylation is 1. The summed E-state index contributed by atoms with van der Waals surface area (Å²) in [5.41, 5.74) is 8.06. The summed E-state index contributed by atoms with van der Waals surface area (Å²) >= 11 is 0. The van der Waals surface area contributed by atoms with E-state index in [1.54, 1.807) is 6.07 Å². The monoisotopic (exact) mass is 300 g/mol. The molecule has 1 aromatic rings. The molecule has 0 aliphatic heterocycles. The van der Waals surface area contributed by atoms with Crippen molar-refractivity contribution < 1.29 is 13.5 Å². The van der Waals surface area contributed by atoms with Crippen molar-refractivity contribution >= 4 is 15.7 Å². The fourth-order valence-electron chi connectivity index (χ4n) is 1.95. The molecule has 1 atom stereocenters. The van der Waals surface area contributed by atoms with Gasteiger partial charge in [0.1, 0.15) is 0 Å². The van der Waals surface area contributed by atoms with Crippen LogP contribution in [-0.2, 0) is 10.0 Å². The second-order valence-electron chi connectivity index (χ2n) is 5.09. The Bertz CT molecular complexity index is 533. The van der Waals surface area contributed by atoms with E-state index in [9.17, 15) is 8.42 Å². The minimum atomic E-state index is -3.56. The van der Waals surface area contributed by atoms with Crippen LogP contribution < -0.4 is 10.5 Å². The lowest BCUT2D eigenvalue weighted by Crippen LogP contribution is -2.29. The first-order chi connectivity index (χ1) is 9.31. The van der Waals surface area contributed by atoms with Gasteiger partial charge in [0.05, 0.1) is 4.90 Å². The number of aliphatic hydroxyl groups excluding tert-OH is 1. The number of anilines is 1. The lowest BCUT2D eigenvalue weighted by Gasteiger charge is -2.15. The van der Waals surface area contributed by atoms with Crippen LogP contribution in [0.25, 0.3) is 0 Å². The van der Waals surface area contributed by atoms with Gasteiger partial charge in [-0.05, 0) is 49.4 Å². The van der Waals surface area contributed by atoms with Gasteiger partial charge in [-0.15, -0.1) is 0 Å². The van der Waals surface area contributed by atoms with Crippen LogP contribution in [0.5, 0.6) is 0 Å². The van der Waals surface area contributed by atoms with Gasteiger partial charge in [-0.2, -0.15) is 0 Å². The Labute approximate surface area is 121 Å². The van der Waals surface area contributed by atoms with E-state index in [1.165, 1.54) is 6.07 Å². The van der Waals surface area contributed by atoms with Gasteiger partial charge in [-0.1, -0.05) is 13.3 Å². The lowest BCUT2D eigenvalue weighted by atomic mass is 10.0. The molecule has 0 aliphatic rings. The highest BCUT2D eigenvalue weighted by molar-refractivity contribution is 7.89. The molecule has 0 saturated carbocycles. The molecule has 1 rings (SSSR count). The first-order valence-corrected chi connectivity index (χ1v) is 8.27. The Hall–Kier alpha value is -1.11. The molecule has 4 N–H and O–H groups in total. The number of sulfonamides is 1. The normalized spacial score (nSPS) is 13.4. The second-order valence-corrected chi connectivity index (χ2v) is 6.86. The van der Waals surface area contributed by atoms with Gasteiger partial charge < -0.3 is 10.8 Å². The van der Waals surface area contributed by atoms with E-state index in [4.69, 9.17) is 10.8 Å². The summed E-state index contributed by atoms with van der Waals surface area (Å²) in [5.74, 6) is 0.138. The zero-order chi connectivity index (χ0) is 15.3.